The highest BCUT2D eigenvalue weighted by atomic mass is 19.1. The lowest BCUT2D eigenvalue weighted by molar-refractivity contribution is -0.136. The van der Waals surface area contributed by atoms with E-state index in [4.69, 9.17) is 0 Å². The maximum Gasteiger partial charge on any atom is 0.251 e. The minimum Gasteiger partial charge on any atom is -0.352 e. The van der Waals surface area contributed by atoms with Crippen molar-refractivity contribution in [3.63, 3.8) is 0 Å². The molecule has 0 bridgehead atoms. The van der Waals surface area contributed by atoms with Crippen LogP contribution in [0.5, 0.6) is 0 Å². The van der Waals surface area contributed by atoms with Gasteiger partial charge in [-0.05, 0) is 56.4 Å². The maximum atomic E-state index is 13.1. The fourth-order valence-electron chi connectivity index (χ4n) is 3.48. The first kappa shape index (κ1) is 22.8. The summed E-state index contributed by atoms with van der Waals surface area (Å²) in [6.07, 6.45) is 2.06. The summed E-state index contributed by atoms with van der Waals surface area (Å²) in [5, 5.41) is 5.79. The Morgan fingerprint density at radius 3 is 2.17 bits per heavy atom. The molecule has 1 aromatic carbocycles. The van der Waals surface area contributed by atoms with E-state index in [2.05, 4.69) is 10.6 Å². The third kappa shape index (κ3) is 6.27. The molecule has 0 saturated carbocycles. The van der Waals surface area contributed by atoms with Crippen LogP contribution in [-0.4, -0.2) is 47.8 Å². The number of hydrogen-bond donors (Lipinski definition) is 2. The lowest BCUT2D eigenvalue weighted by Crippen LogP contribution is -2.55. The zero-order valence-electron chi connectivity index (χ0n) is 17.7. The van der Waals surface area contributed by atoms with Crippen LogP contribution in [0, 0.1) is 17.7 Å². The van der Waals surface area contributed by atoms with Crippen molar-refractivity contribution in [2.45, 2.75) is 59.0 Å². The summed E-state index contributed by atoms with van der Waals surface area (Å²) < 4.78 is 13.1. The lowest BCUT2D eigenvalue weighted by atomic mass is 9.88. The largest absolute Gasteiger partial charge is 0.352 e. The number of halogens is 1. The number of nitrogens with zero attached hydrogens (tertiary/aromatic N) is 1. The average molecular weight is 406 g/mol. The summed E-state index contributed by atoms with van der Waals surface area (Å²) in [7, 11) is 0. The molecule has 2 unspecified atom stereocenters. The van der Waals surface area contributed by atoms with Gasteiger partial charge in [0.25, 0.3) is 5.91 Å². The Bertz CT molecular complexity index is 713. The van der Waals surface area contributed by atoms with Gasteiger partial charge in [-0.3, -0.25) is 14.4 Å². The number of likely N-dealkylation sites (tertiary alicyclic amines) is 1. The number of nitrogens with one attached hydrogen (secondary N) is 2. The minimum absolute atomic E-state index is 0.00432. The number of piperidine rings is 1. The van der Waals surface area contributed by atoms with Crippen LogP contribution in [0.2, 0.25) is 0 Å². The van der Waals surface area contributed by atoms with Crippen molar-refractivity contribution in [3.05, 3.63) is 35.6 Å². The zero-order chi connectivity index (χ0) is 21.6. The number of carbonyl (C=O) groups excluding carboxylic acids is 3. The van der Waals surface area contributed by atoms with Gasteiger partial charge in [-0.25, -0.2) is 4.39 Å². The normalized spacial score (nSPS) is 17.0. The van der Waals surface area contributed by atoms with E-state index in [1.807, 2.05) is 32.6 Å². The molecule has 2 rings (SSSR count). The van der Waals surface area contributed by atoms with Crippen molar-refractivity contribution in [2.24, 2.45) is 11.8 Å². The molecule has 29 heavy (non-hydrogen) atoms. The second kappa shape index (κ2) is 10.4. The fourth-order valence-corrected chi connectivity index (χ4v) is 3.48. The molecule has 3 amide bonds. The molecule has 0 aromatic heterocycles. The van der Waals surface area contributed by atoms with Gasteiger partial charge in [-0.15, -0.1) is 0 Å². The standard InChI is InChI=1S/C22H32FN3O3/c1-5-15(4)24-21(28)19(25-20(27)17-6-8-18(23)9-7-17)16-10-12-26(13-11-16)22(29)14(2)3/h6-9,14-16,19H,5,10-13H2,1-4H3,(H,24,28)(H,25,27). The molecule has 1 heterocycles. The van der Waals surface area contributed by atoms with Crippen molar-refractivity contribution in [2.75, 3.05) is 13.1 Å². The molecule has 160 valence electrons. The van der Waals surface area contributed by atoms with E-state index in [1.54, 1.807) is 0 Å². The predicted molar refractivity (Wildman–Crippen MR) is 110 cm³/mol. The van der Waals surface area contributed by atoms with Crippen molar-refractivity contribution in [1.29, 1.82) is 0 Å². The van der Waals surface area contributed by atoms with Gasteiger partial charge in [0.1, 0.15) is 11.9 Å². The van der Waals surface area contributed by atoms with Crippen molar-refractivity contribution in [3.8, 4) is 0 Å². The number of amides is 3. The van der Waals surface area contributed by atoms with Crippen LogP contribution >= 0.6 is 0 Å². The van der Waals surface area contributed by atoms with Gasteiger partial charge in [0.05, 0.1) is 0 Å². The summed E-state index contributed by atoms with van der Waals surface area (Å²) in [5.41, 5.74) is 0.306. The lowest BCUT2D eigenvalue weighted by Gasteiger charge is -2.36. The minimum atomic E-state index is -0.696. The molecule has 0 spiro atoms. The Kier molecular flexibility index (Phi) is 8.17. The molecule has 2 N–H and O–H groups in total. The monoisotopic (exact) mass is 405 g/mol. The molecule has 1 aliphatic heterocycles. The average Bonchev–Trinajstić information content (AvgIpc) is 2.71. The Balaban J connectivity index is 2.11. The summed E-state index contributed by atoms with van der Waals surface area (Å²) in [6, 6.07) is 4.54. The molecule has 2 atom stereocenters. The molecule has 1 aromatic rings. The quantitative estimate of drug-likeness (QED) is 0.732. The predicted octanol–water partition coefficient (Wildman–Crippen LogP) is 2.73. The van der Waals surface area contributed by atoms with Gasteiger partial charge in [-0.1, -0.05) is 20.8 Å². The van der Waals surface area contributed by atoms with E-state index in [1.165, 1.54) is 24.3 Å². The smallest absolute Gasteiger partial charge is 0.251 e. The van der Waals surface area contributed by atoms with Crippen LogP contribution in [0.15, 0.2) is 24.3 Å². The van der Waals surface area contributed by atoms with Crippen LogP contribution in [0.3, 0.4) is 0 Å². The van der Waals surface area contributed by atoms with E-state index in [9.17, 15) is 18.8 Å². The first-order chi connectivity index (χ1) is 13.7. The van der Waals surface area contributed by atoms with Gasteiger partial charge >= 0.3 is 0 Å². The number of benzene rings is 1. The Hall–Kier alpha value is -2.44. The topological polar surface area (TPSA) is 78.5 Å². The van der Waals surface area contributed by atoms with Crippen LogP contribution in [0.25, 0.3) is 0 Å². The van der Waals surface area contributed by atoms with E-state index in [0.29, 0.717) is 31.5 Å². The second-order valence-corrected chi connectivity index (χ2v) is 8.09. The molecular weight excluding hydrogens is 373 g/mol. The second-order valence-electron chi connectivity index (χ2n) is 8.09. The van der Waals surface area contributed by atoms with E-state index >= 15 is 0 Å². The van der Waals surface area contributed by atoms with E-state index in [0.717, 1.165) is 6.42 Å². The van der Waals surface area contributed by atoms with Gasteiger partial charge in [0, 0.05) is 30.6 Å². The third-order valence-electron chi connectivity index (χ3n) is 5.49. The summed E-state index contributed by atoms with van der Waals surface area (Å²) >= 11 is 0. The highest BCUT2D eigenvalue weighted by Gasteiger charge is 2.34. The fraction of sp³-hybridized carbons (Fsp3) is 0.591. The first-order valence-electron chi connectivity index (χ1n) is 10.4. The Morgan fingerprint density at radius 2 is 1.66 bits per heavy atom. The van der Waals surface area contributed by atoms with Crippen LogP contribution < -0.4 is 10.6 Å². The molecule has 0 aliphatic carbocycles. The molecule has 1 fully saturated rings. The van der Waals surface area contributed by atoms with E-state index < -0.39 is 17.8 Å². The summed E-state index contributed by atoms with van der Waals surface area (Å²) in [4.78, 5) is 39.6. The van der Waals surface area contributed by atoms with Gasteiger partial charge in [-0.2, -0.15) is 0 Å². The molecule has 6 nitrogen and oxygen atoms in total. The number of hydrogen-bond acceptors (Lipinski definition) is 3. The van der Waals surface area contributed by atoms with Crippen molar-refractivity contribution >= 4 is 17.7 Å². The highest BCUT2D eigenvalue weighted by Crippen LogP contribution is 2.23. The van der Waals surface area contributed by atoms with Crippen LogP contribution in [0.1, 0.15) is 57.3 Å². The maximum absolute atomic E-state index is 13.1. The molecule has 0 radical (unpaired) electrons. The third-order valence-corrected chi connectivity index (χ3v) is 5.49. The molecule has 1 saturated heterocycles. The van der Waals surface area contributed by atoms with Crippen LogP contribution in [-0.2, 0) is 9.59 Å². The van der Waals surface area contributed by atoms with E-state index in [-0.39, 0.29) is 29.7 Å². The zero-order valence-corrected chi connectivity index (χ0v) is 17.7. The van der Waals surface area contributed by atoms with Crippen molar-refractivity contribution < 1.29 is 18.8 Å². The van der Waals surface area contributed by atoms with Crippen molar-refractivity contribution in [1.82, 2.24) is 15.5 Å². The summed E-state index contributed by atoms with van der Waals surface area (Å²) in [5.74, 6) is -1.07. The Labute approximate surface area is 172 Å². The van der Waals surface area contributed by atoms with Gasteiger partial charge < -0.3 is 15.5 Å². The molecule has 1 aliphatic rings. The first-order valence-corrected chi connectivity index (χ1v) is 10.4. The van der Waals surface area contributed by atoms with Gasteiger partial charge in [0.2, 0.25) is 11.8 Å². The van der Waals surface area contributed by atoms with Crippen LogP contribution in [0.4, 0.5) is 4.39 Å². The number of carbonyl (C=O) groups is 3. The summed E-state index contributed by atoms with van der Waals surface area (Å²) in [6.45, 7) is 8.79. The molecular formula is C22H32FN3O3. The highest BCUT2D eigenvalue weighted by molar-refractivity contribution is 5.97. The molecule has 7 heteroatoms. The Morgan fingerprint density at radius 1 is 1.07 bits per heavy atom. The number of rotatable bonds is 7. The SMILES string of the molecule is CCC(C)NC(=O)C(NC(=O)c1ccc(F)cc1)C1CCN(C(=O)C(C)C)CC1. The van der Waals surface area contributed by atoms with Gasteiger partial charge in [0.15, 0.2) is 0 Å².